The molecule has 3 N–H and O–H groups in total. The number of nitrogens with zero attached hydrogens (tertiary/aromatic N) is 1. The lowest BCUT2D eigenvalue weighted by atomic mass is 9.98. The van der Waals surface area contributed by atoms with Crippen molar-refractivity contribution in [2.24, 2.45) is 0 Å². The summed E-state index contributed by atoms with van der Waals surface area (Å²) in [6.45, 7) is 1.05. The van der Waals surface area contributed by atoms with Crippen molar-refractivity contribution >= 4 is 35.1 Å². The molecule has 2 aliphatic rings. The van der Waals surface area contributed by atoms with E-state index in [9.17, 15) is 19.2 Å². The molecule has 0 bridgehead atoms. The summed E-state index contributed by atoms with van der Waals surface area (Å²) < 4.78 is 0. The maximum absolute atomic E-state index is 12.5. The van der Waals surface area contributed by atoms with E-state index in [1.54, 1.807) is 24.3 Å². The molecule has 0 aromatic heterocycles. The summed E-state index contributed by atoms with van der Waals surface area (Å²) in [5.74, 6) is -1.01. The highest BCUT2D eigenvalue weighted by Crippen LogP contribution is 2.34. The van der Waals surface area contributed by atoms with E-state index < -0.39 is 17.5 Å². The molecule has 1 aromatic rings. The molecule has 25 heavy (non-hydrogen) atoms. The van der Waals surface area contributed by atoms with Crippen LogP contribution in [0.1, 0.15) is 32.6 Å². The molecule has 5 amide bonds. The van der Waals surface area contributed by atoms with E-state index >= 15 is 0 Å². The van der Waals surface area contributed by atoms with Crippen molar-refractivity contribution < 1.29 is 19.2 Å². The third-order valence-electron chi connectivity index (χ3n) is 4.47. The van der Waals surface area contributed by atoms with Gasteiger partial charge in [0.05, 0.1) is 0 Å². The van der Waals surface area contributed by atoms with Gasteiger partial charge in [0.2, 0.25) is 11.8 Å². The van der Waals surface area contributed by atoms with Crippen LogP contribution < -0.4 is 16.0 Å². The summed E-state index contributed by atoms with van der Waals surface area (Å²) in [5.41, 5.74) is 0.201. The van der Waals surface area contributed by atoms with Crippen LogP contribution in [0.4, 0.5) is 16.2 Å². The number of amides is 5. The molecular formula is C17H20N4O4. The molecular weight excluding hydrogens is 324 g/mol. The van der Waals surface area contributed by atoms with Gasteiger partial charge in [0.15, 0.2) is 0 Å². The zero-order chi connectivity index (χ0) is 18.0. The number of hydrogen-bond donors (Lipinski definition) is 3. The predicted octanol–water partition coefficient (Wildman–Crippen LogP) is 1.45. The van der Waals surface area contributed by atoms with Gasteiger partial charge >= 0.3 is 6.03 Å². The topological polar surface area (TPSA) is 108 Å². The molecule has 8 nitrogen and oxygen atoms in total. The summed E-state index contributed by atoms with van der Waals surface area (Å²) in [7, 11) is 0. The fraction of sp³-hybridized carbons (Fsp3) is 0.412. The van der Waals surface area contributed by atoms with Crippen molar-refractivity contribution in [3.8, 4) is 0 Å². The van der Waals surface area contributed by atoms with Crippen LogP contribution in [0.2, 0.25) is 0 Å². The van der Waals surface area contributed by atoms with Gasteiger partial charge in [0.1, 0.15) is 12.1 Å². The molecule has 1 heterocycles. The zero-order valence-corrected chi connectivity index (χ0v) is 13.9. The molecule has 1 saturated carbocycles. The fourth-order valence-corrected chi connectivity index (χ4v) is 3.36. The second-order valence-corrected chi connectivity index (χ2v) is 6.42. The Bertz CT molecular complexity index is 740. The van der Waals surface area contributed by atoms with E-state index in [-0.39, 0.29) is 18.4 Å². The molecule has 8 heteroatoms. The van der Waals surface area contributed by atoms with E-state index in [0.717, 1.165) is 17.7 Å². The van der Waals surface area contributed by atoms with Gasteiger partial charge in [-0.15, -0.1) is 0 Å². The lowest BCUT2D eigenvalue weighted by Gasteiger charge is -2.19. The van der Waals surface area contributed by atoms with Crippen molar-refractivity contribution in [2.75, 3.05) is 17.2 Å². The van der Waals surface area contributed by atoms with Gasteiger partial charge in [-0.1, -0.05) is 18.9 Å². The van der Waals surface area contributed by atoms with Crippen LogP contribution in [-0.2, 0) is 14.4 Å². The van der Waals surface area contributed by atoms with E-state index in [4.69, 9.17) is 0 Å². The van der Waals surface area contributed by atoms with Crippen molar-refractivity contribution in [1.29, 1.82) is 0 Å². The monoisotopic (exact) mass is 344 g/mol. The first-order valence-electron chi connectivity index (χ1n) is 8.21. The molecule has 1 aromatic carbocycles. The van der Waals surface area contributed by atoms with Crippen LogP contribution >= 0.6 is 0 Å². The predicted molar refractivity (Wildman–Crippen MR) is 90.8 cm³/mol. The summed E-state index contributed by atoms with van der Waals surface area (Å²) in [6.07, 6.45) is 3.02. The Morgan fingerprint density at radius 1 is 1.16 bits per heavy atom. The summed E-state index contributed by atoms with van der Waals surface area (Å²) in [4.78, 5) is 48.9. The van der Waals surface area contributed by atoms with Crippen molar-refractivity contribution in [3.63, 3.8) is 0 Å². The van der Waals surface area contributed by atoms with E-state index in [0.29, 0.717) is 24.2 Å². The highest BCUT2D eigenvalue weighted by molar-refractivity contribution is 6.10. The Morgan fingerprint density at radius 2 is 1.80 bits per heavy atom. The van der Waals surface area contributed by atoms with Crippen LogP contribution in [0.25, 0.3) is 0 Å². The summed E-state index contributed by atoms with van der Waals surface area (Å²) in [5, 5.41) is 8.00. The normalized spacial score (nSPS) is 18.4. The highest BCUT2D eigenvalue weighted by Gasteiger charge is 2.52. The molecule has 1 aliphatic carbocycles. The fourth-order valence-electron chi connectivity index (χ4n) is 3.36. The number of urea groups is 1. The highest BCUT2D eigenvalue weighted by atomic mass is 16.2. The van der Waals surface area contributed by atoms with Crippen LogP contribution in [0, 0.1) is 0 Å². The minimum absolute atomic E-state index is 0.218. The first-order valence-corrected chi connectivity index (χ1v) is 8.21. The number of nitrogens with one attached hydrogen (secondary N) is 3. The number of anilines is 2. The summed E-state index contributed by atoms with van der Waals surface area (Å²) in [6, 6.07) is 6.12. The zero-order valence-electron chi connectivity index (χ0n) is 13.9. The standard InChI is InChI=1S/C17H20N4O4/c1-11(22)18-12-5-4-6-13(9-12)19-14(23)10-21-15(24)17(20-16(21)25)7-2-3-8-17/h4-6,9H,2-3,7-8,10H2,1H3,(H,18,22)(H,19,23)(H,20,25). The van der Waals surface area contributed by atoms with Crippen molar-refractivity contribution in [1.82, 2.24) is 10.2 Å². The van der Waals surface area contributed by atoms with Gasteiger partial charge in [0.25, 0.3) is 5.91 Å². The minimum atomic E-state index is -0.817. The second kappa shape index (κ2) is 6.54. The third-order valence-corrected chi connectivity index (χ3v) is 4.47. The van der Waals surface area contributed by atoms with Crippen LogP contribution in [-0.4, -0.2) is 40.7 Å². The Labute approximate surface area is 144 Å². The van der Waals surface area contributed by atoms with Crippen LogP contribution in [0.3, 0.4) is 0 Å². The maximum atomic E-state index is 12.5. The number of hydrogen-bond acceptors (Lipinski definition) is 4. The Hall–Kier alpha value is -2.90. The van der Waals surface area contributed by atoms with Crippen LogP contribution in [0.15, 0.2) is 24.3 Å². The first kappa shape index (κ1) is 16.9. The SMILES string of the molecule is CC(=O)Nc1cccc(NC(=O)CN2C(=O)NC3(CCCC3)C2=O)c1. The largest absolute Gasteiger partial charge is 0.326 e. The van der Waals surface area contributed by atoms with Gasteiger partial charge in [-0.3, -0.25) is 19.3 Å². The van der Waals surface area contributed by atoms with Gasteiger partial charge in [-0.2, -0.15) is 0 Å². The average molecular weight is 344 g/mol. The maximum Gasteiger partial charge on any atom is 0.325 e. The third kappa shape index (κ3) is 3.47. The van der Waals surface area contributed by atoms with Crippen molar-refractivity contribution in [3.05, 3.63) is 24.3 Å². The molecule has 132 valence electrons. The van der Waals surface area contributed by atoms with E-state index in [2.05, 4.69) is 16.0 Å². The second-order valence-electron chi connectivity index (χ2n) is 6.42. The molecule has 1 aliphatic heterocycles. The number of carbonyl (C=O) groups is 4. The van der Waals surface area contributed by atoms with Gasteiger partial charge in [-0.25, -0.2) is 4.79 Å². The Morgan fingerprint density at radius 3 is 2.44 bits per heavy atom. The minimum Gasteiger partial charge on any atom is -0.326 e. The van der Waals surface area contributed by atoms with Gasteiger partial charge in [-0.05, 0) is 31.0 Å². The number of imide groups is 1. The molecule has 1 spiro atoms. The van der Waals surface area contributed by atoms with Gasteiger partial charge < -0.3 is 16.0 Å². The Kier molecular flexibility index (Phi) is 4.43. The lowest BCUT2D eigenvalue weighted by Crippen LogP contribution is -2.44. The van der Waals surface area contributed by atoms with Crippen LogP contribution in [0.5, 0.6) is 0 Å². The van der Waals surface area contributed by atoms with E-state index in [1.165, 1.54) is 6.92 Å². The Balaban J connectivity index is 1.64. The van der Waals surface area contributed by atoms with Crippen molar-refractivity contribution in [2.45, 2.75) is 38.1 Å². The quantitative estimate of drug-likeness (QED) is 0.718. The van der Waals surface area contributed by atoms with E-state index in [1.807, 2.05) is 0 Å². The number of benzene rings is 1. The molecule has 3 rings (SSSR count). The molecule has 0 radical (unpaired) electrons. The lowest BCUT2D eigenvalue weighted by molar-refractivity contribution is -0.133. The molecule has 2 fully saturated rings. The number of rotatable bonds is 4. The first-order chi connectivity index (χ1) is 11.9. The van der Waals surface area contributed by atoms with Gasteiger partial charge in [0, 0.05) is 18.3 Å². The molecule has 0 atom stereocenters. The number of carbonyl (C=O) groups excluding carboxylic acids is 4. The smallest absolute Gasteiger partial charge is 0.325 e. The average Bonchev–Trinajstić information content (AvgIpc) is 3.08. The summed E-state index contributed by atoms with van der Waals surface area (Å²) >= 11 is 0. The molecule has 1 saturated heterocycles. The molecule has 0 unspecified atom stereocenters.